The zero-order valence-corrected chi connectivity index (χ0v) is 19.4. The van der Waals surface area contributed by atoms with Crippen molar-refractivity contribution in [1.82, 2.24) is 9.62 Å². The van der Waals surface area contributed by atoms with Crippen molar-refractivity contribution in [2.75, 3.05) is 30.8 Å². The van der Waals surface area contributed by atoms with Crippen LogP contribution in [0, 0.1) is 5.92 Å². The molecule has 0 unspecified atom stereocenters. The molecule has 168 valence electrons. The Hall–Kier alpha value is -2.38. The van der Waals surface area contributed by atoms with Gasteiger partial charge in [0.1, 0.15) is 0 Å². The van der Waals surface area contributed by atoms with Gasteiger partial charge in [0.05, 0.1) is 18.8 Å². The molecule has 1 heterocycles. The molecule has 1 amide bonds. The van der Waals surface area contributed by atoms with E-state index in [0.717, 1.165) is 30.5 Å². The van der Waals surface area contributed by atoms with Gasteiger partial charge in [-0.2, -0.15) is 4.31 Å². The van der Waals surface area contributed by atoms with Gasteiger partial charge in [-0.15, -0.1) is 0 Å². The van der Waals surface area contributed by atoms with Gasteiger partial charge in [-0.3, -0.25) is 4.79 Å². The largest absolute Gasteiger partial charge is 0.371 e. The number of anilines is 1. The molecule has 0 aliphatic carbocycles. The van der Waals surface area contributed by atoms with Crippen LogP contribution in [-0.2, 0) is 21.4 Å². The van der Waals surface area contributed by atoms with Crippen LogP contribution in [0.2, 0.25) is 0 Å². The third-order valence-electron chi connectivity index (χ3n) is 5.78. The summed E-state index contributed by atoms with van der Waals surface area (Å²) < 4.78 is 25.6. The summed E-state index contributed by atoms with van der Waals surface area (Å²) in [6.07, 6.45) is 3.63. The highest BCUT2D eigenvalue weighted by Crippen LogP contribution is 2.24. The van der Waals surface area contributed by atoms with E-state index in [1.807, 2.05) is 49.4 Å². The maximum Gasteiger partial charge on any atom is 0.235 e. The maximum atomic E-state index is 12.6. The van der Waals surface area contributed by atoms with Crippen molar-refractivity contribution in [3.8, 4) is 0 Å². The van der Waals surface area contributed by atoms with Crippen molar-refractivity contribution in [3.05, 3.63) is 65.7 Å². The molecule has 2 atom stereocenters. The monoisotopic (exact) mass is 443 g/mol. The van der Waals surface area contributed by atoms with Crippen molar-refractivity contribution >= 4 is 21.6 Å². The van der Waals surface area contributed by atoms with E-state index in [0.29, 0.717) is 5.92 Å². The second-order valence-electron chi connectivity index (χ2n) is 8.59. The molecule has 0 radical (unpaired) electrons. The second kappa shape index (κ2) is 10.3. The molecule has 2 aromatic rings. The average Bonchev–Trinajstić information content (AvgIpc) is 2.73. The first kappa shape index (κ1) is 23.3. The Bertz CT molecular complexity index is 961. The number of nitrogens with zero attached hydrogens (tertiary/aromatic N) is 2. The number of amides is 1. The highest BCUT2D eigenvalue weighted by molar-refractivity contribution is 7.88. The van der Waals surface area contributed by atoms with Crippen LogP contribution >= 0.6 is 0 Å². The van der Waals surface area contributed by atoms with Crippen molar-refractivity contribution in [2.45, 2.75) is 39.3 Å². The highest BCUT2D eigenvalue weighted by atomic mass is 32.2. The van der Waals surface area contributed by atoms with Gasteiger partial charge in [0.2, 0.25) is 15.9 Å². The molecule has 1 saturated heterocycles. The van der Waals surface area contributed by atoms with Gasteiger partial charge in [0.15, 0.2) is 0 Å². The number of carbonyl (C=O) groups is 1. The number of piperidine rings is 1. The lowest BCUT2D eigenvalue weighted by atomic mass is 9.99. The van der Waals surface area contributed by atoms with Gasteiger partial charge < -0.3 is 10.2 Å². The Morgan fingerprint density at radius 3 is 2.45 bits per heavy atom. The number of hydrogen-bond donors (Lipinski definition) is 1. The zero-order chi connectivity index (χ0) is 22.4. The molecule has 2 aromatic carbocycles. The van der Waals surface area contributed by atoms with Crippen molar-refractivity contribution in [1.29, 1.82) is 0 Å². The van der Waals surface area contributed by atoms with Gasteiger partial charge >= 0.3 is 0 Å². The fraction of sp³-hybridized carbons (Fsp3) is 0.458. The van der Waals surface area contributed by atoms with Crippen LogP contribution in [0.15, 0.2) is 54.6 Å². The minimum absolute atomic E-state index is 0.171. The number of sulfonamides is 1. The summed E-state index contributed by atoms with van der Waals surface area (Å²) in [4.78, 5) is 15.0. The zero-order valence-electron chi connectivity index (χ0n) is 18.6. The van der Waals surface area contributed by atoms with Crippen LogP contribution in [0.3, 0.4) is 0 Å². The number of rotatable bonds is 8. The first-order chi connectivity index (χ1) is 14.7. The minimum Gasteiger partial charge on any atom is -0.371 e. The lowest BCUT2D eigenvalue weighted by molar-refractivity contribution is -0.122. The first-order valence-corrected chi connectivity index (χ1v) is 12.7. The fourth-order valence-corrected chi connectivity index (χ4v) is 4.74. The maximum absolute atomic E-state index is 12.6. The van der Waals surface area contributed by atoms with Crippen molar-refractivity contribution in [3.63, 3.8) is 0 Å². The molecule has 1 N–H and O–H groups in total. The molecule has 7 heteroatoms. The molecule has 31 heavy (non-hydrogen) atoms. The lowest BCUT2D eigenvalue weighted by Crippen LogP contribution is -2.40. The molecule has 1 aliphatic heterocycles. The predicted octanol–water partition coefficient (Wildman–Crippen LogP) is 3.56. The molecule has 0 saturated carbocycles. The first-order valence-electron chi connectivity index (χ1n) is 10.9. The summed E-state index contributed by atoms with van der Waals surface area (Å²) >= 11 is 0. The van der Waals surface area contributed by atoms with E-state index < -0.39 is 10.0 Å². The van der Waals surface area contributed by atoms with E-state index in [2.05, 4.69) is 29.3 Å². The summed E-state index contributed by atoms with van der Waals surface area (Å²) in [5.74, 6) is 0.392. The molecule has 0 aromatic heterocycles. The third kappa shape index (κ3) is 6.80. The summed E-state index contributed by atoms with van der Waals surface area (Å²) in [6.45, 7) is 6.33. The Morgan fingerprint density at radius 1 is 1.16 bits per heavy atom. The van der Waals surface area contributed by atoms with Crippen LogP contribution in [0.25, 0.3) is 0 Å². The number of nitrogens with one attached hydrogen (secondary N) is 1. The number of hydrogen-bond acceptors (Lipinski definition) is 4. The molecule has 3 rings (SSSR count). The normalized spacial score (nSPS) is 18.1. The van der Waals surface area contributed by atoms with Gasteiger partial charge in [0, 0.05) is 25.3 Å². The van der Waals surface area contributed by atoms with Crippen molar-refractivity contribution in [2.24, 2.45) is 5.92 Å². The lowest BCUT2D eigenvalue weighted by Gasteiger charge is -2.33. The minimum atomic E-state index is -3.51. The Labute approximate surface area is 186 Å². The van der Waals surface area contributed by atoms with E-state index in [1.165, 1.54) is 22.8 Å². The van der Waals surface area contributed by atoms with Crippen LogP contribution in [0.4, 0.5) is 5.69 Å². The molecule has 6 nitrogen and oxygen atoms in total. The van der Waals surface area contributed by atoms with Gasteiger partial charge in [-0.25, -0.2) is 8.42 Å². The third-order valence-corrected chi connectivity index (χ3v) is 6.98. The van der Waals surface area contributed by atoms with Crippen LogP contribution in [0.5, 0.6) is 0 Å². The summed E-state index contributed by atoms with van der Waals surface area (Å²) in [5.41, 5.74) is 3.05. The van der Waals surface area contributed by atoms with E-state index in [-0.39, 0.29) is 25.0 Å². The van der Waals surface area contributed by atoms with Gasteiger partial charge in [0.25, 0.3) is 0 Å². The topological polar surface area (TPSA) is 69.7 Å². The summed E-state index contributed by atoms with van der Waals surface area (Å²) in [7, 11) is -3.51. The molecule has 1 fully saturated rings. The van der Waals surface area contributed by atoms with E-state index in [4.69, 9.17) is 0 Å². The summed E-state index contributed by atoms with van der Waals surface area (Å²) in [5, 5.41) is 2.93. The van der Waals surface area contributed by atoms with E-state index >= 15 is 0 Å². The Morgan fingerprint density at radius 2 is 1.84 bits per heavy atom. The molecule has 0 spiro atoms. The molecule has 0 bridgehead atoms. The van der Waals surface area contributed by atoms with Gasteiger partial charge in [-0.1, -0.05) is 49.4 Å². The van der Waals surface area contributed by atoms with Crippen LogP contribution in [0.1, 0.15) is 43.9 Å². The van der Waals surface area contributed by atoms with Gasteiger partial charge in [-0.05, 0) is 48.9 Å². The highest BCUT2D eigenvalue weighted by Gasteiger charge is 2.22. The standard InChI is InChI=1S/C24H33N3O3S/c1-19-8-7-15-26(16-19)23-13-11-22(12-14-23)20(2)25-24(28)18-27(31(3,29)30)17-21-9-5-4-6-10-21/h4-6,9-14,19-20H,7-8,15-18H2,1-3H3,(H,25,28)/t19-,20-/m1/s1. The van der Waals surface area contributed by atoms with E-state index in [1.54, 1.807) is 0 Å². The molecular weight excluding hydrogens is 410 g/mol. The Kier molecular flexibility index (Phi) is 7.73. The van der Waals surface area contributed by atoms with E-state index in [9.17, 15) is 13.2 Å². The van der Waals surface area contributed by atoms with Crippen LogP contribution < -0.4 is 10.2 Å². The average molecular weight is 444 g/mol. The second-order valence-corrected chi connectivity index (χ2v) is 10.6. The predicted molar refractivity (Wildman–Crippen MR) is 125 cm³/mol. The number of carbonyl (C=O) groups excluding carboxylic acids is 1. The van der Waals surface area contributed by atoms with Crippen molar-refractivity contribution < 1.29 is 13.2 Å². The Balaban J connectivity index is 1.59. The number of benzene rings is 2. The summed E-state index contributed by atoms with van der Waals surface area (Å²) in [6, 6.07) is 17.4. The molecule has 1 aliphatic rings. The van der Waals surface area contributed by atoms with Crippen LogP contribution in [-0.4, -0.2) is 44.5 Å². The fourth-order valence-electron chi connectivity index (χ4n) is 4.01. The molecular formula is C24H33N3O3S. The smallest absolute Gasteiger partial charge is 0.235 e. The quantitative estimate of drug-likeness (QED) is 0.677. The SMILES string of the molecule is C[C@@H]1CCCN(c2ccc([C@@H](C)NC(=O)CN(Cc3ccccc3)S(C)(=O)=O)cc2)C1.